The predicted molar refractivity (Wildman–Crippen MR) is 68.3 cm³/mol. The van der Waals surface area contributed by atoms with Crippen molar-refractivity contribution in [1.29, 1.82) is 0 Å². The van der Waals surface area contributed by atoms with E-state index in [-0.39, 0.29) is 18.5 Å². The Kier molecular flexibility index (Phi) is 5.55. The number of carboxylic acids is 1. The van der Waals surface area contributed by atoms with Crippen LogP contribution in [0, 0.1) is 5.92 Å². The molecule has 1 amide bonds. The van der Waals surface area contributed by atoms with Crippen molar-refractivity contribution < 1.29 is 14.7 Å². The molecular formula is C12H23N3O3. The Morgan fingerprint density at radius 3 is 2.39 bits per heavy atom. The molecule has 6 nitrogen and oxygen atoms in total. The molecule has 0 aliphatic carbocycles. The van der Waals surface area contributed by atoms with E-state index in [1.165, 1.54) is 0 Å². The lowest BCUT2D eigenvalue weighted by Crippen LogP contribution is -2.51. The van der Waals surface area contributed by atoms with Gasteiger partial charge in [-0.05, 0) is 14.0 Å². The number of piperazine rings is 1. The Balaban J connectivity index is 2.45. The van der Waals surface area contributed by atoms with Crippen LogP contribution in [0.1, 0.15) is 13.8 Å². The monoisotopic (exact) mass is 257 g/mol. The second-order valence-corrected chi connectivity index (χ2v) is 4.91. The highest BCUT2D eigenvalue weighted by Crippen LogP contribution is 2.09. The summed E-state index contributed by atoms with van der Waals surface area (Å²) in [7, 11) is 1.80. The van der Waals surface area contributed by atoms with E-state index >= 15 is 0 Å². The molecule has 0 aromatic carbocycles. The summed E-state index contributed by atoms with van der Waals surface area (Å²) in [5.41, 5.74) is 0. The Labute approximate surface area is 108 Å². The van der Waals surface area contributed by atoms with Crippen LogP contribution >= 0.6 is 0 Å². The molecule has 1 heterocycles. The van der Waals surface area contributed by atoms with E-state index in [0.29, 0.717) is 0 Å². The van der Waals surface area contributed by atoms with Gasteiger partial charge < -0.3 is 15.3 Å². The van der Waals surface area contributed by atoms with Crippen molar-refractivity contribution in [2.75, 3.05) is 39.8 Å². The summed E-state index contributed by atoms with van der Waals surface area (Å²) in [5.74, 6) is -1.24. The molecule has 2 unspecified atom stereocenters. The van der Waals surface area contributed by atoms with Gasteiger partial charge in [-0.3, -0.25) is 14.5 Å². The number of hydrogen-bond donors (Lipinski definition) is 2. The van der Waals surface area contributed by atoms with Gasteiger partial charge in [-0.25, -0.2) is 0 Å². The average molecular weight is 257 g/mol. The molecule has 104 valence electrons. The maximum atomic E-state index is 12.0. The average Bonchev–Trinajstić information content (AvgIpc) is 2.37. The molecular weight excluding hydrogens is 234 g/mol. The van der Waals surface area contributed by atoms with Crippen LogP contribution in [0.2, 0.25) is 0 Å². The maximum Gasteiger partial charge on any atom is 0.307 e. The first-order valence-corrected chi connectivity index (χ1v) is 6.35. The van der Waals surface area contributed by atoms with Gasteiger partial charge in [0.1, 0.15) is 0 Å². The van der Waals surface area contributed by atoms with Crippen molar-refractivity contribution in [3.05, 3.63) is 0 Å². The van der Waals surface area contributed by atoms with E-state index in [2.05, 4.69) is 5.32 Å². The van der Waals surface area contributed by atoms with Crippen molar-refractivity contribution >= 4 is 11.9 Å². The molecule has 0 saturated carbocycles. The van der Waals surface area contributed by atoms with Crippen molar-refractivity contribution in [3.63, 3.8) is 0 Å². The van der Waals surface area contributed by atoms with Gasteiger partial charge in [0.25, 0.3) is 0 Å². The summed E-state index contributed by atoms with van der Waals surface area (Å²) in [5, 5.41) is 12.1. The molecule has 1 fully saturated rings. The summed E-state index contributed by atoms with van der Waals surface area (Å²) < 4.78 is 0. The van der Waals surface area contributed by atoms with E-state index in [1.54, 1.807) is 14.0 Å². The third-order valence-electron chi connectivity index (χ3n) is 3.66. The van der Waals surface area contributed by atoms with Crippen LogP contribution in [-0.4, -0.2) is 72.6 Å². The number of carbonyl (C=O) groups excluding carboxylic acids is 1. The topological polar surface area (TPSA) is 72.9 Å². The summed E-state index contributed by atoms with van der Waals surface area (Å²) in [6, 6.07) is -0.158. The Morgan fingerprint density at radius 1 is 1.33 bits per heavy atom. The minimum atomic E-state index is -0.830. The highest BCUT2D eigenvalue weighted by Gasteiger charge is 2.26. The number of carboxylic acid groups (broad SMARTS) is 1. The van der Waals surface area contributed by atoms with Crippen LogP contribution in [0.25, 0.3) is 0 Å². The molecule has 1 saturated heterocycles. The Morgan fingerprint density at radius 2 is 1.89 bits per heavy atom. The van der Waals surface area contributed by atoms with Crippen LogP contribution in [-0.2, 0) is 9.59 Å². The Hall–Kier alpha value is -1.14. The first kappa shape index (κ1) is 14.9. The van der Waals surface area contributed by atoms with Gasteiger partial charge in [0.05, 0.1) is 12.5 Å². The molecule has 2 N–H and O–H groups in total. The number of nitrogens with one attached hydrogen (secondary N) is 1. The third kappa shape index (κ3) is 3.96. The van der Waals surface area contributed by atoms with E-state index < -0.39 is 11.9 Å². The van der Waals surface area contributed by atoms with Gasteiger partial charge in [-0.15, -0.1) is 0 Å². The largest absolute Gasteiger partial charge is 0.481 e. The van der Waals surface area contributed by atoms with Gasteiger partial charge in [0.15, 0.2) is 0 Å². The third-order valence-corrected chi connectivity index (χ3v) is 3.66. The van der Waals surface area contributed by atoms with E-state index in [1.807, 2.05) is 16.7 Å². The number of aliphatic carboxylic acids is 1. The highest BCUT2D eigenvalue weighted by atomic mass is 16.4. The highest BCUT2D eigenvalue weighted by molar-refractivity contribution is 5.78. The van der Waals surface area contributed by atoms with Crippen molar-refractivity contribution in [3.8, 4) is 0 Å². The Bertz CT molecular complexity index is 303. The summed E-state index contributed by atoms with van der Waals surface area (Å²) in [4.78, 5) is 26.6. The fourth-order valence-electron chi connectivity index (χ4n) is 1.96. The lowest BCUT2D eigenvalue weighted by molar-refractivity contribution is -0.144. The molecule has 1 rings (SSSR count). The number of hydrogen-bond acceptors (Lipinski definition) is 4. The van der Waals surface area contributed by atoms with Crippen LogP contribution in [0.3, 0.4) is 0 Å². The van der Waals surface area contributed by atoms with Crippen LogP contribution in [0.15, 0.2) is 0 Å². The lowest BCUT2D eigenvalue weighted by Gasteiger charge is -2.32. The molecule has 0 radical (unpaired) electrons. The molecule has 2 atom stereocenters. The summed E-state index contributed by atoms with van der Waals surface area (Å²) >= 11 is 0. The molecule has 0 bridgehead atoms. The van der Waals surface area contributed by atoms with E-state index in [0.717, 1.165) is 26.2 Å². The summed E-state index contributed by atoms with van der Waals surface area (Å²) in [6.45, 7) is 6.90. The zero-order valence-electron chi connectivity index (χ0n) is 11.3. The minimum Gasteiger partial charge on any atom is -0.481 e. The number of nitrogens with zero attached hydrogens (tertiary/aromatic N) is 2. The van der Waals surface area contributed by atoms with Crippen LogP contribution < -0.4 is 5.32 Å². The standard InChI is InChI=1S/C12H23N3O3/c1-9(12(17)18)10(2)14(3)8-11(16)15-6-4-13-5-7-15/h9-10,13H,4-8H2,1-3H3,(H,17,18). The maximum absolute atomic E-state index is 12.0. The number of carbonyl (C=O) groups is 2. The first-order chi connectivity index (χ1) is 8.43. The fraction of sp³-hybridized carbons (Fsp3) is 0.833. The molecule has 1 aliphatic rings. The number of amides is 1. The van der Waals surface area contributed by atoms with Crippen molar-refractivity contribution in [1.82, 2.24) is 15.1 Å². The first-order valence-electron chi connectivity index (χ1n) is 6.35. The van der Waals surface area contributed by atoms with Crippen molar-refractivity contribution in [2.45, 2.75) is 19.9 Å². The van der Waals surface area contributed by atoms with Gasteiger partial charge in [0, 0.05) is 32.2 Å². The quantitative estimate of drug-likeness (QED) is 0.692. The molecule has 6 heteroatoms. The van der Waals surface area contributed by atoms with Crippen LogP contribution in [0.5, 0.6) is 0 Å². The lowest BCUT2D eigenvalue weighted by atomic mass is 10.0. The van der Waals surface area contributed by atoms with E-state index in [4.69, 9.17) is 5.11 Å². The summed E-state index contributed by atoms with van der Waals surface area (Å²) in [6.07, 6.45) is 0. The van der Waals surface area contributed by atoms with Gasteiger partial charge >= 0.3 is 5.97 Å². The molecule has 0 aromatic heterocycles. The smallest absolute Gasteiger partial charge is 0.307 e. The van der Waals surface area contributed by atoms with Gasteiger partial charge in [0.2, 0.25) is 5.91 Å². The van der Waals surface area contributed by atoms with Crippen LogP contribution in [0.4, 0.5) is 0 Å². The SMILES string of the molecule is CC(C(=O)O)C(C)N(C)CC(=O)N1CCNCC1. The normalized spacial score (nSPS) is 19.7. The molecule has 1 aliphatic heterocycles. The van der Waals surface area contributed by atoms with Gasteiger partial charge in [-0.1, -0.05) is 6.92 Å². The minimum absolute atomic E-state index is 0.0726. The number of likely N-dealkylation sites (N-methyl/N-ethyl adjacent to an activating group) is 1. The van der Waals surface area contributed by atoms with E-state index in [9.17, 15) is 9.59 Å². The molecule has 0 spiro atoms. The predicted octanol–water partition coefficient (Wildman–Crippen LogP) is -0.541. The van der Waals surface area contributed by atoms with Crippen molar-refractivity contribution in [2.24, 2.45) is 5.92 Å². The van der Waals surface area contributed by atoms with Gasteiger partial charge in [-0.2, -0.15) is 0 Å². The fourth-order valence-corrected chi connectivity index (χ4v) is 1.96. The number of rotatable bonds is 5. The zero-order valence-corrected chi connectivity index (χ0v) is 11.3. The molecule has 18 heavy (non-hydrogen) atoms. The zero-order chi connectivity index (χ0) is 13.7. The second-order valence-electron chi connectivity index (χ2n) is 4.91. The second kappa shape index (κ2) is 6.70. The molecule has 0 aromatic rings.